The summed E-state index contributed by atoms with van der Waals surface area (Å²) in [5.74, 6) is 0.786. The number of methoxy groups -OCH3 is 1. The number of piperidine rings is 1. The molecular weight excluding hydrogens is 356 g/mol. The van der Waals surface area contributed by atoms with Crippen LogP contribution in [-0.4, -0.2) is 53.4 Å². The molecule has 1 N–H and O–H groups in total. The van der Waals surface area contributed by atoms with E-state index in [2.05, 4.69) is 15.3 Å². The minimum absolute atomic E-state index is 0.00541. The molecular formula is C21H26N4O3. The van der Waals surface area contributed by atoms with Crippen LogP contribution in [0.1, 0.15) is 24.1 Å². The topological polar surface area (TPSA) is 84.4 Å². The number of benzene rings is 1. The predicted molar refractivity (Wildman–Crippen MR) is 105 cm³/mol. The van der Waals surface area contributed by atoms with E-state index < -0.39 is 0 Å². The van der Waals surface area contributed by atoms with E-state index in [1.165, 1.54) is 0 Å². The second-order valence-electron chi connectivity index (χ2n) is 6.91. The monoisotopic (exact) mass is 382 g/mol. The summed E-state index contributed by atoms with van der Waals surface area (Å²) in [6.07, 6.45) is 7.40. The smallest absolute Gasteiger partial charge is 0.224 e. The van der Waals surface area contributed by atoms with Gasteiger partial charge >= 0.3 is 0 Å². The molecule has 28 heavy (non-hydrogen) atoms. The van der Waals surface area contributed by atoms with Gasteiger partial charge in [-0.3, -0.25) is 19.6 Å². The molecule has 0 spiro atoms. The summed E-state index contributed by atoms with van der Waals surface area (Å²) in [7, 11) is 1.64. The maximum atomic E-state index is 12.5. The molecule has 2 heterocycles. The van der Waals surface area contributed by atoms with Crippen molar-refractivity contribution in [2.24, 2.45) is 5.92 Å². The number of rotatable bonds is 8. The zero-order chi connectivity index (χ0) is 19.8. The molecule has 148 valence electrons. The first-order valence-electron chi connectivity index (χ1n) is 9.59. The molecule has 1 aliphatic rings. The fourth-order valence-corrected chi connectivity index (χ4v) is 3.32. The van der Waals surface area contributed by atoms with Crippen LogP contribution in [0.15, 0.2) is 42.9 Å². The van der Waals surface area contributed by atoms with Crippen molar-refractivity contribution in [2.75, 3.05) is 26.7 Å². The van der Waals surface area contributed by atoms with Crippen molar-refractivity contribution in [3.8, 4) is 5.75 Å². The Kier molecular flexibility index (Phi) is 6.94. The van der Waals surface area contributed by atoms with Crippen LogP contribution in [0.5, 0.6) is 5.75 Å². The van der Waals surface area contributed by atoms with Gasteiger partial charge in [0.15, 0.2) is 0 Å². The molecule has 1 saturated heterocycles. The van der Waals surface area contributed by atoms with Crippen molar-refractivity contribution in [3.05, 3.63) is 54.1 Å². The molecule has 1 unspecified atom stereocenters. The summed E-state index contributed by atoms with van der Waals surface area (Å²) in [6.45, 7) is 1.62. The molecule has 1 aromatic carbocycles. The summed E-state index contributed by atoms with van der Waals surface area (Å²) in [5, 5.41) is 2.96. The molecule has 2 amide bonds. The van der Waals surface area contributed by atoms with E-state index in [0.717, 1.165) is 23.4 Å². The number of amides is 2. The Morgan fingerprint density at radius 3 is 2.79 bits per heavy atom. The van der Waals surface area contributed by atoms with E-state index in [9.17, 15) is 9.59 Å². The third-order valence-electron chi connectivity index (χ3n) is 5.00. The van der Waals surface area contributed by atoms with Gasteiger partial charge in [-0.2, -0.15) is 0 Å². The molecule has 1 aliphatic heterocycles. The first-order chi connectivity index (χ1) is 13.7. The number of ether oxygens (including phenoxy) is 1. The van der Waals surface area contributed by atoms with Gasteiger partial charge in [-0.1, -0.05) is 12.1 Å². The van der Waals surface area contributed by atoms with E-state index in [0.29, 0.717) is 38.9 Å². The van der Waals surface area contributed by atoms with Gasteiger partial charge in [0, 0.05) is 51.1 Å². The Balaban J connectivity index is 1.46. The minimum Gasteiger partial charge on any atom is -0.497 e. The Morgan fingerprint density at radius 2 is 2.07 bits per heavy atom. The highest BCUT2D eigenvalue weighted by molar-refractivity contribution is 5.83. The van der Waals surface area contributed by atoms with Gasteiger partial charge in [-0.15, -0.1) is 0 Å². The third-order valence-corrected chi connectivity index (χ3v) is 5.00. The molecule has 7 heteroatoms. The van der Waals surface area contributed by atoms with Crippen molar-refractivity contribution < 1.29 is 14.3 Å². The van der Waals surface area contributed by atoms with Gasteiger partial charge in [-0.25, -0.2) is 0 Å². The molecule has 1 aromatic heterocycles. The van der Waals surface area contributed by atoms with Gasteiger partial charge < -0.3 is 15.0 Å². The van der Waals surface area contributed by atoms with Crippen LogP contribution < -0.4 is 10.1 Å². The molecule has 1 fully saturated rings. The van der Waals surface area contributed by atoms with E-state index >= 15 is 0 Å². The second kappa shape index (κ2) is 9.82. The molecule has 3 rings (SSSR count). The van der Waals surface area contributed by atoms with Crippen LogP contribution in [0, 0.1) is 5.92 Å². The first kappa shape index (κ1) is 19.8. The molecule has 0 aliphatic carbocycles. The largest absolute Gasteiger partial charge is 0.497 e. The number of carbonyl (C=O) groups excluding carboxylic acids is 2. The maximum Gasteiger partial charge on any atom is 0.224 e. The lowest BCUT2D eigenvalue weighted by Crippen LogP contribution is -2.46. The average molecular weight is 382 g/mol. The maximum absolute atomic E-state index is 12.5. The van der Waals surface area contributed by atoms with Gasteiger partial charge in [0.1, 0.15) is 5.75 Å². The fourth-order valence-electron chi connectivity index (χ4n) is 3.32. The third kappa shape index (κ3) is 5.52. The molecule has 7 nitrogen and oxygen atoms in total. The van der Waals surface area contributed by atoms with E-state index in [1.54, 1.807) is 30.6 Å². The van der Waals surface area contributed by atoms with Crippen LogP contribution in [0.3, 0.4) is 0 Å². The first-order valence-corrected chi connectivity index (χ1v) is 9.59. The van der Waals surface area contributed by atoms with E-state index in [4.69, 9.17) is 4.74 Å². The van der Waals surface area contributed by atoms with Crippen LogP contribution in [0.2, 0.25) is 0 Å². The zero-order valence-electron chi connectivity index (χ0n) is 16.1. The van der Waals surface area contributed by atoms with Crippen LogP contribution in [-0.2, 0) is 22.4 Å². The number of hydrogen-bond acceptors (Lipinski definition) is 5. The second-order valence-corrected chi connectivity index (χ2v) is 6.91. The van der Waals surface area contributed by atoms with E-state index in [1.807, 2.05) is 24.3 Å². The lowest BCUT2D eigenvalue weighted by atomic mass is 9.96. The summed E-state index contributed by atoms with van der Waals surface area (Å²) >= 11 is 0. The molecule has 0 bridgehead atoms. The normalized spacial score (nSPS) is 16.7. The van der Waals surface area contributed by atoms with Gasteiger partial charge in [0.2, 0.25) is 11.8 Å². The Bertz CT molecular complexity index is 780. The highest BCUT2D eigenvalue weighted by Gasteiger charge is 2.29. The molecule has 1 atom stereocenters. The zero-order valence-corrected chi connectivity index (χ0v) is 16.1. The van der Waals surface area contributed by atoms with Crippen molar-refractivity contribution in [2.45, 2.75) is 25.7 Å². The minimum atomic E-state index is -0.157. The van der Waals surface area contributed by atoms with Crippen molar-refractivity contribution in [1.82, 2.24) is 20.2 Å². The number of nitrogens with one attached hydrogen (secondary N) is 1. The van der Waals surface area contributed by atoms with Crippen LogP contribution in [0.4, 0.5) is 0 Å². The Labute approximate surface area is 165 Å². The van der Waals surface area contributed by atoms with Gasteiger partial charge in [0.25, 0.3) is 0 Å². The summed E-state index contributed by atoms with van der Waals surface area (Å²) < 4.78 is 5.17. The summed E-state index contributed by atoms with van der Waals surface area (Å²) in [4.78, 5) is 34.8. The predicted octanol–water partition coefficient (Wildman–Crippen LogP) is 1.63. The highest BCUT2D eigenvalue weighted by Crippen LogP contribution is 2.19. The van der Waals surface area contributed by atoms with Crippen molar-refractivity contribution in [3.63, 3.8) is 0 Å². The Hall–Kier alpha value is -2.96. The summed E-state index contributed by atoms with van der Waals surface area (Å²) in [6, 6.07) is 7.84. The number of hydrogen-bond donors (Lipinski definition) is 1. The lowest BCUT2D eigenvalue weighted by Gasteiger charge is -2.32. The van der Waals surface area contributed by atoms with Gasteiger partial charge in [0.05, 0.1) is 18.7 Å². The van der Waals surface area contributed by atoms with E-state index in [-0.39, 0.29) is 17.7 Å². The SMILES string of the molecule is COc1ccc(CCN2CC(C(=O)NCCc3cnccn3)CCC2=O)cc1. The standard InChI is InChI=1S/C21H26N4O3/c1-28-19-5-2-16(3-6-19)9-13-25-15-17(4-7-20(25)26)21(27)24-10-8-18-14-22-11-12-23-18/h2-3,5-6,11-12,14,17H,4,7-10,13,15H2,1H3,(H,24,27). The van der Waals surface area contributed by atoms with Crippen LogP contribution in [0.25, 0.3) is 0 Å². The quantitative estimate of drug-likeness (QED) is 0.750. The molecule has 0 saturated carbocycles. The lowest BCUT2D eigenvalue weighted by molar-refractivity contribution is -0.138. The Morgan fingerprint density at radius 1 is 1.25 bits per heavy atom. The number of carbonyl (C=O) groups is 2. The molecule has 2 aromatic rings. The van der Waals surface area contributed by atoms with Crippen molar-refractivity contribution in [1.29, 1.82) is 0 Å². The number of likely N-dealkylation sites (tertiary alicyclic amines) is 1. The number of nitrogens with zero attached hydrogens (tertiary/aromatic N) is 3. The van der Waals surface area contributed by atoms with Gasteiger partial charge in [-0.05, 0) is 30.5 Å². The summed E-state index contributed by atoms with van der Waals surface area (Å²) in [5.41, 5.74) is 1.99. The van der Waals surface area contributed by atoms with Crippen molar-refractivity contribution >= 4 is 11.8 Å². The molecule has 0 radical (unpaired) electrons. The average Bonchev–Trinajstić information content (AvgIpc) is 2.74. The van der Waals surface area contributed by atoms with Crippen LogP contribution >= 0.6 is 0 Å². The highest BCUT2D eigenvalue weighted by atomic mass is 16.5. The number of aromatic nitrogens is 2. The fraction of sp³-hybridized carbons (Fsp3) is 0.429.